The normalized spacial score (nSPS) is 17.2. The maximum absolute atomic E-state index is 13.1. The van der Waals surface area contributed by atoms with E-state index in [0.29, 0.717) is 54.7 Å². The van der Waals surface area contributed by atoms with Gasteiger partial charge in [0, 0.05) is 37.8 Å². The van der Waals surface area contributed by atoms with Crippen LogP contribution in [0.25, 0.3) is 11.1 Å². The SMILES string of the molecule is COc1ccc(CNC(=O)CN2CCc3c(-c4cccc(OC(F)(F)F)c4)ccc(CNC(=O)[C@H]4C[C@@H]4c4nc(C)no4)c3C2)c(OC)c1. The van der Waals surface area contributed by atoms with Crippen LogP contribution in [0.3, 0.4) is 0 Å². The Morgan fingerprint density at radius 2 is 1.78 bits per heavy atom. The third kappa shape index (κ3) is 8.13. The van der Waals surface area contributed by atoms with Gasteiger partial charge < -0.3 is 29.4 Å². The van der Waals surface area contributed by atoms with Crippen molar-refractivity contribution in [3.05, 3.63) is 88.6 Å². The van der Waals surface area contributed by atoms with Gasteiger partial charge in [-0.3, -0.25) is 14.5 Å². The van der Waals surface area contributed by atoms with Crippen molar-refractivity contribution >= 4 is 11.8 Å². The number of fused-ring (bicyclic) bond motifs is 1. The number of hydrogen-bond acceptors (Lipinski definition) is 9. The van der Waals surface area contributed by atoms with Gasteiger partial charge in [0.05, 0.1) is 32.6 Å². The second-order valence-corrected chi connectivity index (χ2v) is 12.1. The molecule has 2 aliphatic rings. The van der Waals surface area contributed by atoms with Gasteiger partial charge >= 0.3 is 6.36 Å². The van der Waals surface area contributed by atoms with Gasteiger partial charge in [-0.2, -0.15) is 4.98 Å². The van der Waals surface area contributed by atoms with Gasteiger partial charge in [0.1, 0.15) is 17.2 Å². The molecule has 11 nitrogen and oxygen atoms in total. The van der Waals surface area contributed by atoms with Crippen LogP contribution in [0, 0.1) is 12.8 Å². The van der Waals surface area contributed by atoms with Gasteiger partial charge in [0.25, 0.3) is 0 Å². The lowest BCUT2D eigenvalue weighted by Gasteiger charge is -2.31. The summed E-state index contributed by atoms with van der Waals surface area (Å²) in [7, 11) is 3.12. The van der Waals surface area contributed by atoms with Crippen LogP contribution in [0.15, 0.2) is 59.1 Å². The topological polar surface area (TPSA) is 128 Å². The molecule has 6 rings (SSSR count). The number of ether oxygens (including phenoxy) is 3. The highest BCUT2D eigenvalue weighted by molar-refractivity contribution is 5.82. The van der Waals surface area contributed by atoms with Crippen LogP contribution in [0.5, 0.6) is 17.2 Å². The highest BCUT2D eigenvalue weighted by atomic mass is 19.4. The Morgan fingerprint density at radius 3 is 2.51 bits per heavy atom. The Balaban J connectivity index is 1.18. The van der Waals surface area contributed by atoms with Crippen molar-refractivity contribution in [3.63, 3.8) is 0 Å². The summed E-state index contributed by atoms with van der Waals surface area (Å²) in [4.78, 5) is 32.4. The molecule has 2 amide bonds. The van der Waals surface area contributed by atoms with Crippen LogP contribution in [-0.2, 0) is 35.6 Å². The van der Waals surface area contributed by atoms with Crippen molar-refractivity contribution < 1.29 is 41.5 Å². The quantitative estimate of drug-likeness (QED) is 0.211. The van der Waals surface area contributed by atoms with Crippen molar-refractivity contribution in [3.8, 4) is 28.4 Å². The lowest BCUT2D eigenvalue weighted by Crippen LogP contribution is -2.40. The molecule has 0 radical (unpaired) electrons. The number of nitrogens with one attached hydrogen (secondary N) is 2. The Bertz CT molecular complexity index is 1840. The first-order valence-electron chi connectivity index (χ1n) is 15.8. The van der Waals surface area contributed by atoms with Crippen molar-refractivity contribution in [1.29, 1.82) is 0 Å². The highest BCUT2D eigenvalue weighted by Gasteiger charge is 2.47. The van der Waals surface area contributed by atoms with E-state index in [4.69, 9.17) is 14.0 Å². The van der Waals surface area contributed by atoms with Crippen molar-refractivity contribution in [2.24, 2.45) is 5.92 Å². The van der Waals surface area contributed by atoms with Crippen molar-refractivity contribution in [2.75, 3.05) is 27.3 Å². The second-order valence-electron chi connectivity index (χ2n) is 12.1. The van der Waals surface area contributed by atoms with E-state index >= 15 is 0 Å². The molecule has 0 bridgehead atoms. The lowest BCUT2D eigenvalue weighted by molar-refractivity contribution is -0.274. The number of rotatable bonds is 12. The Labute approximate surface area is 280 Å². The Hall–Kier alpha value is -5.11. The molecule has 14 heteroatoms. The summed E-state index contributed by atoms with van der Waals surface area (Å²) in [6.45, 7) is 3.29. The monoisotopic (exact) mass is 679 g/mol. The zero-order valence-electron chi connectivity index (χ0n) is 27.2. The molecule has 0 unspecified atom stereocenters. The molecule has 258 valence electrons. The van der Waals surface area contributed by atoms with Crippen LogP contribution in [-0.4, -0.2) is 60.5 Å². The number of aromatic nitrogens is 2. The van der Waals surface area contributed by atoms with E-state index in [1.807, 2.05) is 23.1 Å². The van der Waals surface area contributed by atoms with E-state index in [0.717, 1.165) is 27.8 Å². The van der Waals surface area contributed by atoms with E-state index in [1.54, 1.807) is 39.3 Å². The third-order valence-corrected chi connectivity index (χ3v) is 8.74. The summed E-state index contributed by atoms with van der Waals surface area (Å²) in [6.07, 6.45) is -3.66. The van der Waals surface area contributed by atoms with Gasteiger partial charge in [-0.25, -0.2) is 0 Å². The summed E-state index contributed by atoms with van der Waals surface area (Å²) in [5, 5.41) is 9.80. The van der Waals surface area contributed by atoms with E-state index in [2.05, 4.69) is 25.5 Å². The average molecular weight is 680 g/mol. The van der Waals surface area contributed by atoms with E-state index < -0.39 is 6.36 Å². The maximum atomic E-state index is 13.1. The van der Waals surface area contributed by atoms with Crippen molar-refractivity contribution in [2.45, 2.75) is 51.7 Å². The largest absolute Gasteiger partial charge is 0.573 e. The molecule has 1 aliphatic carbocycles. The first-order valence-corrected chi connectivity index (χ1v) is 15.8. The number of alkyl halides is 3. The van der Waals surface area contributed by atoms with E-state index in [-0.39, 0.29) is 49.0 Å². The van der Waals surface area contributed by atoms with Crippen LogP contribution in [0.4, 0.5) is 13.2 Å². The summed E-state index contributed by atoms with van der Waals surface area (Å²) in [6, 6.07) is 15.0. The fraction of sp³-hybridized carbons (Fsp3) is 0.371. The minimum atomic E-state index is -4.82. The lowest BCUT2D eigenvalue weighted by atomic mass is 9.87. The molecule has 1 aliphatic heterocycles. The number of amides is 2. The molecular formula is C35H36F3N5O6. The molecular weight excluding hydrogens is 643 g/mol. The minimum absolute atomic E-state index is 0.115. The third-order valence-electron chi connectivity index (χ3n) is 8.74. The first kappa shape index (κ1) is 33.8. The second kappa shape index (κ2) is 14.2. The van der Waals surface area contributed by atoms with E-state index in [9.17, 15) is 22.8 Å². The zero-order chi connectivity index (χ0) is 34.7. The first-order chi connectivity index (χ1) is 23.5. The molecule has 1 aromatic heterocycles. The number of aryl methyl sites for hydroxylation is 1. The Morgan fingerprint density at radius 1 is 0.980 bits per heavy atom. The molecule has 1 fully saturated rings. The van der Waals surface area contributed by atoms with Crippen LogP contribution < -0.4 is 24.8 Å². The molecule has 49 heavy (non-hydrogen) atoms. The molecule has 3 aromatic carbocycles. The number of halogens is 3. The van der Waals surface area contributed by atoms with E-state index in [1.165, 1.54) is 18.2 Å². The Kier molecular flexibility index (Phi) is 9.77. The van der Waals surface area contributed by atoms with Crippen LogP contribution in [0.1, 0.15) is 46.3 Å². The molecule has 2 atom stereocenters. The van der Waals surface area contributed by atoms with Crippen LogP contribution in [0.2, 0.25) is 0 Å². The van der Waals surface area contributed by atoms with Gasteiger partial charge in [-0.05, 0) is 71.8 Å². The smallest absolute Gasteiger partial charge is 0.497 e. The number of methoxy groups -OCH3 is 2. The van der Waals surface area contributed by atoms with Gasteiger partial charge in [0.2, 0.25) is 17.7 Å². The standard InChI is InChI=1S/C35H36F3N5O6/c1-20-41-34(49-42-20)29-15-28(29)33(45)40-16-22-8-10-26(21-5-4-6-25(13-21)48-35(36,37)38)27-11-12-43(18-30(22)27)19-32(44)39-17-23-7-9-24(46-2)14-31(23)47-3/h4-10,13-14,28-29H,11-12,15-19H2,1-3H3,(H,39,44)(H,40,45)/t28-,29-/m0/s1. The summed E-state index contributed by atoms with van der Waals surface area (Å²) in [5.74, 6) is 1.21. The van der Waals surface area contributed by atoms with Crippen LogP contribution >= 0.6 is 0 Å². The molecule has 4 aromatic rings. The fourth-order valence-electron chi connectivity index (χ4n) is 6.21. The summed E-state index contributed by atoms with van der Waals surface area (Å²) < 4.78 is 59.1. The maximum Gasteiger partial charge on any atom is 0.573 e. The predicted molar refractivity (Wildman–Crippen MR) is 171 cm³/mol. The molecule has 1 saturated carbocycles. The molecule has 2 heterocycles. The summed E-state index contributed by atoms with van der Waals surface area (Å²) in [5.41, 5.74) is 4.85. The molecule has 0 spiro atoms. The van der Waals surface area contributed by atoms with Gasteiger partial charge in [-0.15, -0.1) is 13.2 Å². The number of carbonyl (C=O) groups excluding carboxylic acids is 2. The summed E-state index contributed by atoms with van der Waals surface area (Å²) >= 11 is 0. The number of hydrogen-bond donors (Lipinski definition) is 2. The average Bonchev–Trinajstić information content (AvgIpc) is 3.77. The zero-order valence-corrected chi connectivity index (χ0v) is 27.2. The molecule has 2 N–H and O–H groups in total. The van der Waals surface area contributed by atoms with Gasteiger partial charge in [0.15, 0.2) is 5.82 Å². The highest BCUT2D eigenvalue weighted by Crippen LogP contribution is 2.47. The molecule has 0 saturated heterocycles. The predicted octanol–water partition coefficient (Wildman–Crippen LogP) is 5.06. The number of benzene rings is 3. The minimum Gasteiger partial charge on any atom is -0.497 e. The number of nitrogens with zero attached hydrogens (tertiary/aromatic N) is 3. The number of carbonyl (C=O) groups is 2. The van der Waals surface area contributed by atoms with Gasteiger partial charge in [-0.1, -0.05) is 29.4 Å². The van der Waals surface area contributed by atoms with Crippen molar-refractivity contribution in [1.82, 2.24) is 25.7 Å². The fourth-order valence-corrected chi connectivity index (χ4v) is 6.21.